The Morgan fingerprint density at radius 1 is 0.333 bits per heavy atom. The molecule has 0 bridgehead atoms. The molecule has 0 fully saturated rings. The van der Waals surface area contributed by atoms with E-state index in [1.807, 2.05) is 0 Å². The molecular formula is C70H51NO. The van der Waals surface area contributed by atoms with Gasteiger partial charge < -0.3 is 9.32 Å². The molecule has 0 atom stereocenters. The van der Waals surface area contributed by atoms with Crippen molar-refractivity contribution in [1.82, 2.24) is 0 Å². The number of para-hydroxylation sites is 2. The SMILES string of the molecule is CC1(C)c2ccccc2-c2ccc(-c3ccccc3N(c3ccc(-c4ccccc4-c4cccc5c4C(C)(C)c4ccccc4-5)cc3)c3ccccc3-c3cccc4oc5c6ccccc6ccc5c34)cc21. The van der Waals surface area contributed by atoms with Gasteiger partial charge in [0.05, 0.1) is 11.4 Å². The molecule has 2 nitrogen and oxygen atoms in total. The summed E-state index contributed by atoms with van der Waals surface area (Å²) in [5, 5.41) is 4.52. The van der Waals surface area contributed by atoms with Crippen LogP contribution in [0.2, 0.25) is 0 Å². The fourth-order valence-corrected chi connectivity index (χ4v) is 12.7. The first-order valence-corrected chi connectivity index (χ1v) is 25.3. The Bertz CT molecular complexity index is 4170. The van der Waals surface area contributed by atoms with Crippen LogP contribution in [0, 0.1) is 0 Å². The Morgan fingerprint density at radius 2 is 0.861 bits per heavy atom. The largest absolute Gasteiger partial charge is 0.455 e. The van der Waals surface area contributed by atoms with Crippen LogP contribution in [-0.4, -0.2) is 0 Å². The standard InChI is InChI=1S/C70H51NO/c1-69(2)60-30-13-9-24-52(60)54-41-38-46(43-62(54)69)49-21-11-15-32-63(49)71(64-33-16-12-26-55(64)56-27-18-34-65-66(56)59-42-37-44-19-5-6-22-50(44)68(59)72-65)47-39-35-45(36-40-47)48-20-7-8-23-51(48)57-28-17-29-58-53-25-10-14-31-61(53)70(3,4)67(57)58/h5-43H,1-4H3. The molecule has 12 aromatic rings. The highest BCUT2D eigenvalue weighted by atomic mass is 16.3. The summed E-state index contributed by atoms with van der Waals surface area (Å²) in [5.74, 6) is 0. The highest BCUT2D eigenvalue weighted by molar-refractivity contribution is 6.20. The summed E-state index contributed by atoms with van der Waals surface area (Å²) in [6, 6.07) is 87.3. The second-order valence-corrected chi connectivity index (χ2v) is 20.7. The normalized spacial score (nSPS) is 13.8. The first kappa shape index (κ1) is 42.2. The molecule has 0 saturated heterocycles. The van der Waals surface area contributed by atoms with E-state index in [9.17, 15) is 0 Å². The highest BCUT2D eigenvalue weighted by Gasteiger charge is 2.38. The molecule has 2 heteroatoms. The molecule has 11 aromatic carbocycles. The smallest absolute Gasteiger partial charge is 0.143 e. The van der Waals surface area contributed by atoms with E-state index >= 15 is 0 Å². The lowest BCUT2D eigenvalue weighted by molar-refractivity contribution is 0.660. The zero-order chi connectivity index (χ0) is 48.3. The van der Waals surface area contributed by atoms with Crippen LogP contribution >= 0.6 is 0 Å². The van der Waals surface area contributed by atoms with Gasteiger partial charge >= 0.3 is 0 Å². The summed E-state index contributed by atoms with van der Waals surface area (Å²) >= 11 is 0. The monoisotopic (exact) mass is 921 g/mol. The summed E-state index contributed by atoms with van der Waals surface area (Å²) in [4.78, 5) is 2.48. The molecule has 2 aliphatic rings. The topological polar surface area (TPSA) is 16.4 Å². The molecule has 0 aliphatic heterocycles. The van der Waals surface area contributed by atoms with Crippen LogP contribution in [0.5, 0.6) is 0 Å². The minimum Gasteiger partial charge on any atom is -0.455 e. The van der Waals surface area contributed by atoms with Crippen molar-refractivity contribution in [3.8, 4) is 66.8 Å². The second-order valence-electron chi connectivity index (χ2n) is 20.7. The van der Waals surface area contributed by atoms with Crippen LogP contribution in [0.4, 0.5) is 17.1 Å². The number of anilines is 3. The summed E-state index contributed by atoms with van der Waals surface area (Å²) in [7, 11) is 0. The van der Waals surface area contributed by atoms with Crippen molar-refractivity contribution in [2.75, 3.05) is 4.90 Å². The van der Waals surface area contributed by atoms with Gasteiger partial charge in [0.2, 0.25) is 0 Å². The van der Waals surface area contributed by atoms with Gasteiger partial charge in [-0.25, -0.2) is 0 Å². The van der Waals surface area contributed by atoms with Crippen LogP contribution in [0.15, 0.2) is 241 Å². The molecule has 342 valence electrons. The summed E-state index contributed by atoms with van der Waals surface area (Å²) in [6.45, 7) is 9.49. The highest BCUT2D eigenvalue weighted by Crippen LogP contribution is 2.55. The molecule has 0 amide bonds. The van der Waals surface area contributed by atoms with E-state index in [1.165, 1.54) is 77.7 Å². The Balaban J connectivity index is 0.955. The quantitative estimate of drug-likeness (QED) is 0.158. The molecule has 1 heterocycles. The van der Waals surface area contributed by atoms with Crippen molar-refractivity contribution in [2.45, 2.75) is 38.5 Å². The number of fused-ring (bicyclic) bond motifs is 11. The first-order chi connectivity index (χ1) is 35.3. The van der Waals surface area contributed by atoms with Gasteiger partial charge in [-0.1, -0.05) is 222 Å². The molecule has 2 aliphatic carbocycles. The average molecular weight is 922 g/mol. The van der Waals surface area contributed by atoms with Crippen LogP contribution in [0.3, 0.4) is 0 Å². The lowest BCUT2D eigenvalue weighted by atomic mass is 9.78. The minimum absolute atomic E-state index is 0.133. The van der Waals surface area contributed by atoms with Crippen LogP contribution in [0.1, 0.15) is 49.9 Å². The van der Waals surface area contributed by atoms with E-state index in [4.69, 9.17) is 4.42 Å². The second kappa shape index (κ2) is 15.9. The number of rotatable bonds is 7. The van der Waals surface area contributed by atoms with Gasteiger partial charge in [-0.05, 0) is 126 Å². The molecule has 0 unspecified atom stereocenters. The fourth-order valence-electron chi connectivity index (χ4n) is 12.7. The van der Waals surface area contributed by atoms with E-state index < -0.39 is 0 Å². The molecular weight excluding hydrogens is 871 g/mol. The molecule has 14 rings (SSSR count). The van der Waals surface area contributed by atoms with E-state index in [-0.39, 0.29) is 10.8 Å². The lowest BCUT2D eigenvalue weighted by Gasteiger charge is -2.30. The van der Waals surface area contributed by atoms with Crippen molar-refractivity contribution < 1.29 is 4.42 Å². The third-order valence-electron chi connectivity index (χ3n) is 16.1. The predicted octanol–water partition coefficient (Wildman–Crippen LogP) is 19.5. The fraction of sp³-hybridized carbons (Fsp3) is 0.0857. The van der Waals surface area contributed by atoms with E-state index in [0.29, 0.717) is 0 Å². The lowest BCUT2D eigenvalue weighted by Crippen LogP contribution is -2.16. The number of hydrogen-bond donors (Lipinski definition) is 0. The third kappa shape index (κ3) is 6.22. The van der Waals surface area contributed by atoms with Crippen LogP contribution < -0.4 is 4.90 Å². The van der Waals surface area contributed by atoms with Gasteiger partial charge in [0.25, 0.3) is 0 Å². The molecule has 1 aromatic heterocycles. The summed E-state index contributed by atoms with van der Waals surface area (Å²) in [5.41, 5.74) is 25.1. The van der Waals surface area contributed by atoms with Gasteiger partial charge in [0.15, 0.2) is 0 Å². The zero-order valence-electron chi connectivity index (χ0n) is 40.9. The number of furan rings is 1. The van der Waals surface area contributed by atoms with E-state index in [2.05, 4.69) is 269 Å². The van der Waals surface area contributed by atoms with E-state index in [1.54, 1.807) is 0 Å². The van der Waals surface area contributed by atoms with Crippen LogP contribution in [-0.2, 0) is 10.8 Å². The van der Waals surface area contributed by atoms with Gasteiger partial charge in [-0.3, -0.25) is 0 Å². The van der Waals surface area contributed by atoms with Crippen LogP contribution in [0.25, 0.3) is 99.5 Å². The van der Waals surface area contributed by atoms with Crippen molar-refractivity contribution in [2.24, 2.45) is 0 Å². The number of hydrogen-bond acceptors (Lipinski definition) is 2. The summed E-state index contributed by atoms with van der Waals surface area (Å²) in [6.07, 6.45) is 0. The van der Waals surface area contributed by atoms with Gasteiger partial charge in [0.1, 0.15) is 11.2 Å². The summed E-state index contributed by atoms with van der Waals surface area (Å²) < 4.78 is 6.79. The van der Waals surface area contributed by atoms with E-state index in [0.717, 1.165) is 61.1 Å². The average Bonchev–Trinajstić information content (AvgIpc) is 4.02. The minimum atomic E-state index is -0.139. The third-order valence-corrected chi connectivity index (χ3v) is 16.1. The maximum absolute atomic E-state index is 6.79. The molecule has 0 N–H and O–H groups in total. The first-order valence-electron chi connectivity index (χ1n) is 25.3. The van der Waals surface area contributed by atoms with Gasteiger partial charge in [0, 0.05) is 43.8 Å². The molecule has 0 spiro atoms. The van der Waals surface area contributed by atoms with Crippen molar-refractivity contribution >= 4 is 49.8 Å². The Morgan fingerprint density at radius 3 is 1.62 bits per heavy atom. The Kier molecular flexibility index (Phi) is 9.32. The Hall–Kier alpha value is -8.72. The van der Waals surface area contributed by atoms with Crippen molar-refractivity contribution in [3.05, 3.63) is 259 Å². The van der Waals surface area contributed by atoms with Gasteiger partial charge in [-0.2, -0.15) is 0 Å². The number of benzene rings is 11. The molecule has 0 saturated carbocycles. The molecule has 72 heavy (non-hydrogen) atoms. The van der Waals surface area contributed by atoms with Gasteiger partial charge in [-0.15, -0.1) is 0 Å². The number of nitrogens with zero attached hydrogens (tertiary/aromatic N) is 1. The predicted molar refractivity (Wildman–Crippen MR) is 303 cm³/mol. The maximum atomic E-state index is 6.79. The molecule has 0 radical (unpaired) electrons. The Labute approximate surface area is 421 Å². The maximum Gasteiger partial charge on any atom is 0.143 e. The zero-order valence-corrected chi connectivity index (χ0v) is 40.9. The van der Waals surface area contributed by atoms with Crippen molar-refractivity contribution in [1.29, 1.82) is 0 Å². The van der Waals surface area contributed by atoms with Crippen molar-refractivity contribution in [3.63, 3.8) is 0 Å².